The maximum atomic E-state index is 5.83. The average Bonchev–Trinajstić information content (AvgIpc) is 2.47. The molecule has 2 rings (SSSR count). The molecule has 0 bridgehead atoms. The van der Waals surface area contributed by atoms with Gasteiger partial charge >= 0.3 is 0 Å². The van der Waals surface area contributed by atoms with Gasteiger partial charge in [-0.05, 0) is 30.9 Å². The molecule has 0 amide bonds. The lowest BCUT2D eigenvalue weighted by molar-refractivity contribution is 0.317. The largest absolute Gasteiger partial charge is 0.497 e. The normalized spacial score (nSPS) is 22.3. The summed E-state index contributed by atoms with van der Waals surface area (Å²) in [6.45, 7) is 2.27. The Balaban J connectivity index is 2.23. The number of rotatable bonds is 5. The number of thiocarbonyl (C=S) groups is 1. The second-order valence-corrected chi connectivity index (χ2v) is 5.92. The quantitative estimate of drug-likeness (QED) is 0.812. The van der Waals surface area contributed by atoms with Gasteiger partial charge in [-0.15, -0.1) is 0 Å². The predicted octanol–water partition coefficient (Wildman–Crippen LogP) is 3.71. The molecule has 0 aromatic heterocycles. The fourth-order valence-electron chi connectivity index (χ4n) is 3.07. The van der Waals surface area contributed by atoms with Gasteiger partial charge in [-0.1, -0.05) is 38.4 Å². The summed E-state index contributed by atoms with van der Waals surface area (Å²) in [5.74, 6) is 1.56. The Morgan fingerprint density at radius 3 is 2.80 bits per heavy atom. The van der Waals surface area contributed by atoms with Crippen LogP contribution in [0.4, 0.5) is 5.69 Å². The first kappa shape index (κ1) is 15.1. The Labute approximate surface area is 126 Å². The zero-order chi connectivity index (χ0) is 14.5. The number of hydrogen-bond acceptors (Lipinski definition) is 3. The third kappa shape index (κ3) is 3.42. The van der Waals surface area contributed by atoms with Crippen LogP contribution in [0.3, 0.4) is 0 Å². The Hall–Kier alpha value is -1.29. The van der Waals surface area contributed by atoms with Crippen molar-refractivity contribution in [2.45, 2.75) is 45.1 Å². The number of ether oxygens (including phenoxy) is 1. The first-order valence-corrected chi connectivity index (χ1v) is 7.81. The van der Waals surface area contributed by atoms with E-state index in [1.807, 2.05) is 18.2 Å². The van der Waals surface area contributed by atoms with Gasteiger partial charge in [0.05, 0.1) is 7.11 Å². The van der Waals surface area contributed by atoms with E-state index in [-0.39, 0.29) is 0 Å². The summed E-state index contributed by atoms with van der Waals surface area (Å²) in [7, 11) is 1.68. The van der Waals surface area contributed by atoms with Gasteiger partial charge in [0, 0.05) is 23.4 Å². The lowest BCUT2D eigenvalue weighted by atomic mass is 9.82. The average molecular weight is 292 g/mol. The number of anilines is 1. The SMILES string of the molecule is CCC1CCCCC1Nc1cc(OC)ccc1C(N)=S. The standard InChI is InChI=1S/C16H24N2OS/c1-3-11-6-4-5-7-14(11)18-15-10-12(19-2)8-9-13(15)16(17)20/h8-11,14,18H,3-7H2,1-2H3,(H2,17,20). The molecule has 1 aromatic carbocycles. The van der Waals surface area contributed by atoms with Crippen LogP contribution < -0.4 is 15.8 Å². The summed E-state index contributed by atoms with van der Waals surface area (Å²) in [6, 6.07) is 6.34. The van der Waals surface area contributed by atoms with Gasteiger partial charge in [-0.3, -0.25) is 0 Å². The van der Waals surface area contributed by atoms with E-state index in [1.165, 1.54) is 32.1 Å². The van der Waals surface area contributed by atoms with Crippen molar-refractivity contribution in [2.24, 2.45) is 11.7 Å². The summed E-state index contributed by atoms with van der Waals surface area (Å²) < 4.78 is 5.31. The van der Waals surface area contributed by atoms with Crippen LogP contribution in [-0.2, 0) is 0 Å². The molecular weight excluding hydrogens is 268 g/mol. The molecule has 3 N–H and O–H groups in total. The van der Waals surface area contributed by atoms with E-state index < -0.39 is 0 Å². The minimum atomic E-state index is 0.430. The topological polar surface area (TPSA) is 47.3 Å². The third-order valence-electron chi connectivity index (χ3n) is 4.27. The molecule has 0 saturated heterocycles. The smallest absolute Gasteiger partial charge is 0.120 e. The number of benzene rings is 1. The first-order chi connectivity index (χ1) is 9.65. The van der Waals surface area contributed by atoms with Crippen LogP contribution in [0.1, 0.15) is 44.6 Å². The predicted molar refractivity (Wildman–Crippen MR) is 88.5 cm³/mol. The Kier molecular flexibility index (Phi) is 5.24. The van der Waals surface area contributed by atoms with Gasteiger partial charge in [0.25, 0.3) is 0 Å². The maximum absolute atomic E-state index is 5.83. The summed E-state index contributed by atoms with van der Waals surface area (Å²) in [6.07, 6.45) is 6.37. The molecule has 3 nitrogen and oxygen atoms in total. The molecule has 1 fully saturated rings. The van der Waals surface area contributed by atoms with Gasteiger partial charge in [0.15, 0.2) is 0 Å². The first-order valence-electron chi connectivity index (χ1n) is 7.40. The van der Waals surface area contributed by atoms with E-state index in [4.69, 9.17) is 22.7 Å². The van der Waals surface area contributed by atoms with Gasteiger partial charge in [-0.25, -0.2) is 0 Å². The van der Waals surface area contributed by atoms with Crippen LogP contribution >= 0.6 is 12.2 Å². The van der Waals surface area contributed by atoms with E-state index in [1.54, 1.807) is 7.11 Å². The van der Waals surface area contributed by atoms with Gasteiger partial charge < -0.3 is 15.8 Å². The highest BCUT2D eigenvalue weighted by Crippen LogP contribution is 2.31. The fraction of sp³-hybridized carbons (Fsp3) is 0.562. The lowest BCUT2D eigenvalue weighted by Crippen LogP contribution is -2.32. The summed E-state index contributed by atoms with van der Waals surface area (Å²) in [5, 5.41) is 3.66. The molecule has 1 aliphatic rings. The summed E-state index contributed by atoms with van der Waals surface area (Å²) in [4.78, 5) is 0.430. The minimum absolute atomic E-state index is 0.430. The second kappa shape index (κ2) is 6.93. The van der Waals surface area contributed by atoms with E-state index in [0.717, 1.165) is 22.9 Å². The van der Waals surface area contributed by atoms with Crippen molar-refractivity contribution < 1.29 is 4.74 Å². The summed E-state index contributed by atoms with van der Waals surface area (Å²) in [5.41, 5.74) is 7.73. The highest BCUT2D eigenvalue weighted by molar-refractivity contribution is 7.80. The Morgan fingerprint density at radius 1 is 1.40 bits per heavy atom. The van der Waals surface area contributed by atoms with Crippen LogP contribution in [0.15, 0.2) is 18.2 Å². The zero-order valence-corrected chi connectivity index (χ0v) is 13.1. The molecule has 1 aromatic rings. The van der Waals surface area contributed by atoms with Crippen LogP contribution in [0.25, 0.3) is 0 Å². The van der Waals surface area contributed by atoms with Crippen LogP contribution in [0.2, 0.25) is 0 Å². The van der Waals surface area contributed by atoms with Crippen LogP contribution in [0, 0.1) is 5.92 Å². The van der Waals surface area contributed by atoms with Crippen molar-refractivity contribution in [2.75, 3.05) is 12.4 Å². The molecule has 2 atom stereocenters. The highest BCUT2D eigenvalue weighted by atomic mass is 32.1. The Morgan fingerprint density at radius 2 is 2.15 bits per heavy atom. The molecule has 1 saturated carbocycles. The number of hydrogen-bond donors (Lipinski definition) is 2. The molecule has 0 spiro atoms. The van der Waals surface area contributed by atoms with Crippen molar-refractivity contribution in [1.82, 2.24) is 0 Å². The van der Waals surface area contributed by atoms with Crippen LogP contribution in [-0.4, -0.2) is 18.1 Å². The number of nitrogens with two attached hydrogens (primary N) is 1. The van der Waals surface area contributed by atoms with Crippen molar-refractivity contribution >= 4 is 22.9 Å². The van der Waals surface area contributed by atoms with Gasteiger partial charge in [0.1, 0.15) is 10.7 Å². The lowest BCUT2D eigenvalue weighted by Gasteiger charge is -2.33. The Bertz CT molecular complexity index is 476. The van der Waals surface area contributed by atoms with Gasteiger partial charge in [0.2, 0.25) is 0 Å². The van der Waals surface area contributed by atoms with Crippen LogP contribution in [0.5, 0.6) is 5.75 Å². The number of methoxy groups -OCH3 is 1. The van der Waals surface area contributed by atoms with E-state index >= 15 is 0 Å². The second-order valence-electron chi connectivity index (χ2n) is 5.48. The molecule has 110 valence electrons. The monoisotopic (exact) mass is 292 g/mol. The fourth-order valence-corrected chi connectivity index (χ4v) is 3.25. The molecular formula is C16H24N2OS. The van der Waals surface area contributed by atoms with E-state index in [2.05, 4.69) is 12.2 Å². The molecule has 20 heavy (non-hydrogen) atoms. The number of nitrogens with one attached hydrogen (secondary N) is 1. The zero-order valence-electron chi connectivity index (χ0n) is 12.3. The molecule has 0 aliphatic heterocycles. The van der Waals surface area contributed by atoms with E-state index in [0.29, 0.717) is 11.0 Å². The highest BCUT2D eigenvalue weighted by Gasteiger charge is 2.24. The molecule has 4 heteroatoms. The van der Waals surface area contributed by atoms with Gasteiger partial charge in [-0.2, -0.15) is 0 Å². The maximum Gasteiger partial charge on any atom is 0.120 e. The molecule has 2 unspecified atom stereocenters. The minimum Gasteiger partial charge on any atom is -0.497 e. The van der Waals surface area contributed by atoms with Crippen molar-refractivity contribution in [3.8, 4) is 5.75 Å². The van der Waals surface area contributed by atoms with Crippen molar-refractivity contribution in [1.29, 1.82) is 0 Å². The molecule has 0 radical (unpaired) electrons. The third-order valence-corrected chi connectivity index (χ3v) is 4.49. The molecule has 0 heterocycles. The van der Waals surface area contributed by atoms with Crippen molar-refractivity contribution in [3.63, 3.8) is 0 Å². The van der Waals surface area contributed by atoms with Crippen molar-refractivity contribution in [3.05, 3.63) is 23.8 Å². The summed E-state index contributed by atoms with van der Waals surface area (Å²) >= 11 is 5.15. The van der Waals surface area contributed by atoms with E-state index in [9.17, 15) is 0 Å². The molecule has 1 aliphatic carbocycles.